The third-order valence-corrected chi connectivity index (χ3v) is 16.0. The van der Waals surface area contributed by atoms with Crippen molar-refractivity contribution in [3.63, 3.8) is 0 Å². The summed E-state index contributed by atoms with van der Waals surface area (Å²) < 4.78 is 2.58. The highest BCUT2D eigenvalue weighted by molar-refractivity contribution is 7.26. The number of hydrogen-bond acceptors (Lipinski definition) is 2. The Labute approximate surface area is 373 Å². The van der Waals surface area contributed by atoms with Gasteiger partial charge in [0, 0.05) is 36.6 Å². The van der Waals surface area contributed by atoms with Gasteiger partial charge in [0.2, 0.25) is 0 Å². The van der Waals surface area contributed by atoms with E-state index in [9.17, 15) is 0 Å². The van der Waals surface area contributed by atoms with Crippen LogP contribution in [0.4, 0.5) is 17.1 Å². The zero-order chi connectivity index (χ0) is 42.2. The van der Waals surface area contributed by atoms with E-state index in [1.807, 2.05) is 11.3 Å². The molecule has 0 unspecified atom stereocenters. The quantitative estimate of drug-likeness (QED) is 0.167. The average Bonchev–Trinajstić information content (AvgIpc) is 4.00. The number of hydrogen-bond donors (Lipinski definition) is 0. The molecule has 13 rings (SSSR count). The van der Waals surface area contributed by atoms with Crippen LogP contribution in [0.3, 0.4) is 0 Å². The molecule has 0 saturated heterocycles. The molecule has 10 aromatic rings. The van der Waals surface area contributed by atoms with Crippen molar-refractivity contribution in [2.75, 3.05) is 4.90 Å². The molecule has 1 aromatic heterocycles. The first-order chi connectivity index (χ1) is 30.8. The fourth-order valence-electron chi connectivity index (χ4n) is 12.3. The molecule has 0 bridgehead atoms. The summed E-state index contributed by atoms with van der Waals surface area (Å²) in [6.45, 7) is 9.65. The molecule has 3 aliphatic carbocycles. The maximum Gasteiger partial charge on any atom is 0.0714 e. The normalized spacial score (nSPS) is 15.4. The summed E-state index contributed by atoms with van der Waals surface area (Å²) in [7, 11) is 0. The molecule has 0 fully saturated rings. The zero-order valence-corrected chi connectivity index (χ0v) is 36.7. The second-order valence-corrected chi connectivity index (χ2v) is 19.8. The van der Waals surface area contributed by atoms with Crippen molar-refractivity contribution >= 4 is 48.6 Å². The molecular weight excluding hydrogens is 779 g/mol. The minimum absolute atomic E-state index is 0.164. The fourth-order valence-corrected chi connectivity index (χ4v) is 13.4. The second-order valence-electron chi connectivity index (χ2n) is 18.7. The van der Waals surface area contributed by atoms with Crippen LogP contribution < -0.4 is 4.90 Å². The van der Waals surface area contributed by atoms with Crippen LogP contribution in [0.25, 0.3) is 53.6 Å². The molecule has 9 aromatic carbocycles. The molecule has 0 aliphatic heterocycles. The van der Waals surface area contributed by atoms with Crippen LogP contribution in [-0.4, -0.2) is 0 Å². The summed E-state index contributed by atoms with van der Waals surface area (Å²) in [6.07, 6.45) is 0. The van der Waals surface area contributed by atoms with Crippen LogP contribution in [0.5, 0.6) is 0 Å². The predicted molar refractivity (Wildman–Crippen MR) is 266 cm³/mol. The van der Waals surface area contributed by atoms with Gasteiger partial charge in [0.1, 0.15) is 0 Å². The third-order valence-electron chi connectivity index (χ3n) is 14.9. The molecule has 3 aliphatic rings. The molecule has 1 nitrogen and oxygen atoms in total. The largest absolute Gasteiger partial charge is 0.309 e. The number of thiophene rings is 1. The van der Waals surface area contributed by atoms with Crippen molar-refractivity contribution < 1.29 is 0 Å². The number of nitrogens with zero attached hydrogens (tertiary/aromatic N) is 1. The van der Waals surface area contributed by atoms with Gasteiger partial charge in [0.05, 0.1) is 22.5 Å². The summed E-state index contributed by atoms with van der Waals surface area (Å²) in [4.78, 5) is 2.69. The smallest absolute Gasteiger partial charge is 0.0714 e. The third kappa shape index (κ3) is 4.77. The van der Waals surface area contributed by atoms with Crippen LogP contribution in [-0.2, 0) is 16.2 Å². The topological polar surface area (TPSA) is 3.24 Å². The average molecular weight is 824 g/mol. The number of benzene rings is 9. The Morgan fingerprint density at radius 3 is 1.60 bits per heavy atom. The highest BCUT2D eigenvalue weighted by Gasteiger charge is 2.47. The Bertz CT molecular complexity index is 3480. The van der Waals surface area contributed by atoms with E-state index in [4.69, 9.17) is 0 Å². The molecule has 0 atom stereocenters. The standard InChI is InChI=1S/C61H45NS/c1-59(2)47-29-14-11-25-44(47)56-50(59)32-19-33-51(56)62(52-34-18-27-43-42-24-8-13-28-46(42)60(3,4)58(43)52)53-36-39(37-55-57(53)45-26-12-17-35-54(45)63-55)61(38-20-6-5-7-21-38)48-30-15-9-22-40(48)41-23-10-16-31-49(41)61/h5-37H,1-4H3. The molecule has 0 N–H and O–H groups in total. The lowest BCUT2D eigenvalue weighted by Crippen LogP contribution is -2.29. The van der Waals surface area contributed by atoms with Gasteiger partial charge >= 0.3 is 0 Å². The lowest BCUT2D eigenvalue weighted by molar-refractivity contribution is 0.659. The van der Waals surface area contributed by atoms with E-state index in [1.165, 1.54) is 115 Å². The molecular formula is C61H45NS. The molecule has 1 heterocycles. The summed E-state index contributed by atoms with van der Waals surface area (Å²) in [5.41, 5.74) is 21.2. The molecule has 0 amide bonds. The van der Waals surface area contributed by atoms with Gasteiger partial charge < -0.3 is 4.90 Å². The van der Waals surface area contributed by atoms with Gasteiger partial charge in [-0.15, -0.1) is 11.3 Å². The van der Waals surface area contributed by atoms with Gasteiger partial charge in [-0.05, 0) is 103 Å². The van der Waals surface area contributed by atoms with Gasteiger partial charge in [0.15, 0.2) is 0 Å². The van der Waals surface area contributed by atoms with Crippen molar-refractivity contribution in [2.45, 2.75) is 43.9 Å². The van der Waals surface area contributed by atoms with Crippen LogP contribution >= 0.6 is 11.3 Å². The molecule has 0 spiro atoms. The summed E-state index contributed by atoms with van der Waals surface area (Å²) in [5, 5.41) is 2.57. The highest BCUT2D eigenvalue weighted by atomic mass is 32.1. The van der Waals surface area contributed by atoms with Crippen molar-refractivity contribution in [1.82, 2.24) is 0 Å². The van der Waals surface area contributed by atoms with E-state index in [1.54, 1.807) is 0 Å². The molecule has 0 radical (unpaired) electrons. The second kappa shape index (κ2) is 13.0. The van der Waals surface area contributed by atoms with E-state index in [0.29, 0.717) is 0 Å². The van der Waals surface area contributed by atoms with Gasteiger partial charge in [-0.25, -0.2) is 0 Å². The first-order valence-corrected chi connectivity index (χ1v) is 23.1. The van der Waals surface area contributed by atoms with Crippen LogP contribution in [0.2, 0.25) is 0 Å². The first-order valence-electron chi connectivity index (χ1n) is 22.3. The Hall–Kier alpha value is -7.00. The van der Waals surface area contributed by atoms with E-state index in [0.717, 1.165) is 0 Å². The Morgan fingerprint density at radius 1 is 0.365 bits per heavy atom. The molecule has 300 valence electrons. The monoisotopic (exact) mass is 823 g/mol. The summed E-state index contributed by atoms with van der Waals surface area (Å²) in [6, 6.07) is 76.0. The van der Waals surface area contributed by atoms with Crippen LogP contribution in [0.15, 0.2) is 200 Å². The minimum Gasteiger partial charge on any atom is -0.309 e. The Morgan fingerprint density at radius 2 is 0.889 bits per heavy atom. The van der Waals surface area contributed by atoms with Gasteiger partial charge in [-0.2, -0.15) is 0 Å². The van der Waals surface area contributed by atoms with E-state index in [-0.39, 0.29) is 10.8 Å². The highest BCUT2D eigenvalue weighted by Crippen LogP contribution is 2.62. The minimum atomic E-state index is -0.569. The predicted octanol–water partition coefficient (Wildman–Crippen LogP) is 16.5. The Kier molecular flexibility index (Phi) is 7.57. The number of rotatable bonds is 5. The first kappa shape index (κ1) is 36.6. The summed E-state index contributed by atoms with van der Waals surface area (Å²) >= 11 is 1.92. The van der Waals surface area contributed by atoms with E-state index >= 15 is 0 Å². The SMILES string of the molecule is CC1(C)c2ccccc2-c2c(N(c3cccc4c3C(C)(C)c3ccccc3-4)c3cc(C4(c5ccccc5)c5ccccc5-c5ccccc54)cc4sc5ccccc5c34)cccc21. The summed E-state index contributed by atoms with van der Waals surface area (Å²) in [5.74, 6) is 0. The van der Waals surface area contributed by atoms with Gasteiger partial charge in [0.25, 0.3) is 0 Å². The zero-order valence-electron chi connectivity index (χ0n) is 35.9. The van der Waals surface area contributed by atoms with Gasteiger partial charge in [-0.3, -0.25) is 0 Å². The van der Waals surface area contributed by atoms with Crippen molar-refractivity contribution in [1.29, 1.82) is 0 Å². The fraction of sp³-hybridized carbons (Fsp3) is 0.115. The van der Waals surface area contributed by atoms with Crippen molar-refractivity contribution in [3.05, 3.63) is 245 Å². The lowest BCUT2D eigenvalue weighted by atomic mass is 9.67. The van der Waals surface area contributed by atoms with Gasteiger partial charge in [-0.1, -0.05) is 198 Å². The van der Waals surface area contributed by atoms with E-state index < -0.39 is 5.41 Å². The lowest BCUT2D eigenvalue weighted by Gasteiger charge is -2.37. The molecule has 2 heteroatoms. The van der Waals surface area contributed by atoms with E-state index in [2.05, 4.69) is 233 Å². The maximum atomic E-state index is 2.69. The molecule has 63 heavy (non-hydrogen) atoms. The number of fused-ring (bicyclic) bond motifs is 12. The van der Waals surface area contributed by atoms with Crippen molar-refractivity contribution in [3.8, 4) is 33.4 Å². The number of anilines is 3. The van der Waals surface area contributed by atoms with Crippen molar-refractivity contribution in [2.24, 2.45) is 0 Å². The van der Waals surface area contributed by atoms with Crippen LogP contribution in [0.1, 0.15) is 72.2 Å². The maximum absolute atomic E-state index is 2.69. The molecule has 0 saturated carbocycles. The van der Waals surface area contributed by atoms with Crippen LogP contribution in [0, 0.1) is 0 Å². The Balaban J connectivity index is 1.22.